The number of likely N-dealkylation sites (tertiary alicyclic amines) is 1. The van der Waals surface area contributed by atoms with Crippen molar-refractivity contribution in [3.05, 3.63) is 0 Å². The maximum absolute atomic E-state index is 11.0. The van der Waals surface area contributed by atoms with Crippen molar-refractivity contribution in [2.24, 2.45) is 0 Å². The summed E-state index contributed by atoms with van der Waals surface area (Å²) in [6, 6.07) is 0.857. The molecule has 14 heavy (non-hydrogen) atoms. The fraction of sp³-hybridized carbons (Fsp3) is 0.909. The van der Waals surface area contributed by atoms with Gasteiger partial charge in [0.25, 0.3) is 0 Å². The molecule has 3 nitrogen and oxygen atoms in total. The molecule has 1 fully saturated rings. The van der Waals surface area contributed by atoms with Crippen LogP contribution in [0.4, 0.5) is 0 Å². The van der Waals surface area contributed by atoms with Crippen LogP contribution in [0.2, 0.25) is 0 Å². The lowest BCUT2D eigenvalue weighted by Gasteiger charge is -2.25. The maximum atomic E-state index is 11.0. The van der Waals surface area contributed by atoms with E-state index >= 15 is 0 Å². The molecular formula is C11H21NO2. The van der Waals surface area contributed by atoms with E-state index < -0.39 is 0 Å². The highest BCUT2D eigenvalue weighted by atomic mass is 16.3. The largest absolute Gasteiger partial charge is 0.393 e. The molecule has 0 spiro atoms. The van der Waals surface area contributed by atoms with Crippen LogP contribution in [0.1, 0.15) is 39.5 Å². The fourth-order valence-electron chi connectivity index (χ4n) is 2.35. The Bertz CT molecular complexity index is 203. The molecule has 82 valence electrons. The van der Waals surface area contributed by atoms with Crippen LogP contribution in [0.25, 0.3) is 0 Å². The molecule has 1 rings (SSSR count). The molecule has 1 aliphatic rings. The van der Waals surface area contributed by atoms with Gasteiger partial charge in [0.1, 0.15) is 5.78 Å². The molecule has 0 amide bonds. The van der Waals surface area contributed by atoms with Gasteiger partial charge >= 0.3 is 0 Å². The van der Waals surface area contributed by atoms with Crippen LogP contribution < -0.4 is 0 Å². The Labute approximate surface area is 86.1 Å². The molecule has 1 saturated heterocycles. The number of Topliss-reactive ketones (excluding diaryl/α,β-unsaturated/α-hetero) is 1. The summed E-state index contributed by atoms with van der Waals surface area (Å²) in [5.41, 5.74) is 0. The van der Waals surface area contributed by atoms with Gasteiger partial charge in [-0.25, -0.2) is 0 Å². The van der Waals surface area contributed by atoms with Crippen LogP contribution in [0.15, 0.2) is 0 Å². The van der Waals surface area contributed by atoms with E-state index in [-0.39, 0.29) is 11.9 Å². The van der Waals surface area contributed by atoms with Gasteiger partial charge in [-0.1, -0.05) is 0 Å². The first-order valence-electron chi connectivity index (χ1n) is 5.40. The minimum absolute atomic E-state index is 0.237. The van der Waals surface area contributed by atoms with Crippen molar-refractivity contribution in [2.75, 3.05) is 7.05 Å². The number of hydrogen-bond acceptors (Lipinski definition) is 3. The van der Waals surface area contributed by atoms with Crippen molar-refractivity contribution < 1.29 is 9.90 Å². The van der Waals surface area contributed by atoms with Gasteiger partial charge in [0.05, 0.1) is 6.10 Å². The van der Waals surface area contributed by atoms with Gasteiger partial charge in [-0.05, 0) is 40.2 Å². The first-order valence-corrected chi connectivity index (χ1v) is 5.40. The maximum Gasteiger partial charge on any atom is 0.131 e. The predicted molar refractivity (Wildman–Crippen MR) is 56.2 cm³/mol. The monoisotopic (exact) mass is 199 g/mol. The van der Waals surface area contributed by atoms with Crippen LogP contribution >= 0.6 is 0 Å². The van der Waals surface area contributed by atoms with Crippen molar-refractivity contribution in [1.29, 1.82) is 0 Å². The van der Waals surface area contributed by atoms with E-state index in [2.05, 4.69) is 11.9 Å². The molecule has 0 aromatic carbocycles. The number of carbonyl (C=O) groups excluding carboxylic acids is 1. The van der Waals surface area contributed by atoms with Gasteiger partial charge in [0.2, 0.25) is 0 Å². The molecule has 3 unspecified atom stereocenters. The number of rotatable bonds is 4. The summed E-state index contributed by atoms with van der Waals surface area (Å²) in [6.45, 7) is 3.47. The number of aliphatic hydroxyl groups excluding tert-OH is 1. The normalized spacial score (nSPS) is 30.6. The minimum Gasteiger partial charge on any atom is -0.393 e. The third-order valence-electron chi connectivity index (χ3n) is 3.12. The molecule has 0 saturated carbocycles. The number of nitrogens with zero attached hydrogens (tertiary/aromatic N) is 1. The molecule has 0 bridgehead atoms. The van der Waals surface area contributed by atoms with E-state index in [1.807, 2.05) is 6.92 Å². The third-order valence-corrected chi connectivity index (χ3v) is 3.12. The Kier molecular flexibility index (Phi) is 4.08. The molecule has 0 radical (unpaired) electrons. The van der Waals surface area contributed by atoms with E-state index in [0.29, 0.717) is 18.5 Å². The summed E-state index contributed by atoms with van der Waals surface area (Å²) >= 11 is 0. The van der Waals surface area contributed by atoms with E-state index in [0.717, 1.165) is 19.3 Å². The Morgan fingerprint density at radius 3 is 2.57 bits per heavy atom. The second-order valence-electron chi connectivity index (χ2n) is 4.54. The zero-order valence-electron chi connectivity index (χ0n) is 9.36. The lowest BCUT2D eigenvalue weighted by Crippen LogP contribution is -2.35. The van der Waals surface area contributed by atoms with Crippen LogP contribution in [-0.4, -0.2) is 41.0 Å². The summed E-state index contributed by atoms with van der Waals surface area (Å²) in [6.07, 6.45) is 3.45. The summed E-state index contributed by atoms with van der Waals surface area (Å²) in [5.74, 6) is 0.263. The van der Waals surface area contributed by atoms with Crippen molar-refractivity contribution in [1.82, 2.24) is 4.90 Å². The zero-order valence-corrected chi connectivity index (χ0v) is 9.36. The second-order valence-corrected chi connectivity index (χ2v) is 4.54. The highest BCUT2D eigenvalue weighted by molar-refractivity contribution is 5.76. The Hall–Kier alpha value is -0.410. The van der Waals surface area contributed by atoms with Crippen LogP contribution in [-0.2, 0) is 4.79 Å². The molecule has 0 aromatic heterocycles. The fourth-order valence-corrected chi connectivity index (χ4v) is 2.35. The molecule has 3 atom stereocenters. The van der Waals surface area contributed by atoms with Gasteiger partial charge in [-0.3, -0.25) is 9.69 Å². The number of carbonyl (C=O) groups is 1. The summed E-state index contributed by atoms with van der Waals surface area (Å²) in [4.78, 5) is 13.3. The summed E-state index contributed by atoms with van der Waals surface area (Å²) in [7, 11) is 2.06. The van der Waals surface area contributed by atoms with Crippen molar-refractivity contribution >= 4 is 5.78 Å². The minimum atomic E-state index is -0.237. The number of aliphatic hydroxyl groups is 1. The molecule has 1 aliphatic heterocycles. The average Bonchev–Trinajstić information content (AvgIpc) is 2.34. The average molecular weight is 199 g/mol. The van der Waals surface area contributed by atoms with E-state index in [1.54, 1.807) is 6.92 Å². The van der Waals surface area contributed by atoms with E-state index in [1.165, 1.54) is 0 Å². The Balaban J connectivity index is 2.42. The van der Waals surface area contributed by atoms with Crippen molar-refractivity contribution in [3.63, 3.8) is 0 Å². The van der Waals surface area contributed by atoms with Gasteiger partial charge in [-0.2, -0.15) is 0 Å². The molecular weight excluding hydrogens is 178 g/mol. The molecule has 1 heterocycles. The molecule has 0 aliphatic carbocycles. The SMILES string of the molecule is CC(=O)CC1CCC(CC(C)O)N1C. The first-order chi connectivity index (χ1) is 6.50. The van der Waals surface area contributed by atoms with Crippen molar-refractivity contribution in [2.45, 2.75) is 57.7 Å². The standard InChI is InChI=1S/C11H21NO2/c1-8(13)6-10-4-5-11(12(10)3)7-9(2)14/h8,10-11,13H,4-7H2,1-3H3. The first kappa shape index (κ1) is 11.7. The molecule has 0 aromatic rings. The topological polar surface area (TPSA) is 40.5 Å². The van der Waals surface area contributed by atoms with Gasteiger partial charge in [0, 0.05) is 18.5 Å². The lowest BCUT2D eigenvalue weighted by molar-refractivity contribution is -0.118. The van der Waals surface area contributed by atoms with Crippen molar-refractivity contribution in [3.8, 4) is 0 Å². The smallest absolute Gasteiger partial charge is 0.131 e. The zero-order chi connectivity index (χ0) is 10.7. The van der Waals surface area contributed by atoms with Crippen LogP contribution in [0.5, 0.6) is 0 Å². The van der Waals surface area contributed by atoms with Gasteiger partial charge in [-0.15, -0.1) is 0 Å². The van der Waals surface area contributed by atoms with E-state index in [9.17, 15) is 9.90 Å². The van der Waals surface area contributed by atoms with Gasteiger partial charge in [0.15, 0.2) is 0 Å². The van der Waals surface area contributed by atoms with Crippen LogP contribution in [0, 0.1) is 0 Å². The Morgan fingerprint density at radius 1 is 1.50 bits per heavy atom. The summed E-state index contributed by atoms with van der Waals surface area (Å²) in [5, 5.41) is 9.31. The quantitative estimate of drug-likeness (QED) is 0.739. The van der Waals surface area contributed by atoms with Gasteiger partial charge < -0.3 is 5.11 Å². The Morgan fingerprint density at radius 2 is 2.07 bits per heavy atom. The third kappa shape index (κ3) is 3.07. The second kappa shape index (κ2) is 4.89. The summed E-state index contributed by atoms with van der Waals surface area (Å²) < 4.78 is 0. The van der Waals surface area contributed by atoms with Crippen LogP contribution in [0.3, 0.4) is 0 Å². The number of hydrogen-bond donors (Lipinski definition) is 1. The molecule has 1 N–H and O–H groups in total. The highest BCUT2D eigenvalue weighted by Crippen LogP contribution is 2.27. The molecule has 3 heteroatoms. The van der Waals surface area contributed by atoms with E-state index in [4.69, 9.17) is 0 Å². The number of ketones is 1. The highest BCUT2D eigenvalue weighted by Gasteiger charge is 2.31. The predicted octanol–water partition coefficient (Wildman–Crippen LogP) is 1.20. The lowest BCUT2D eigenvalue weighted by atomic mass is 10.1.